The van der Waals surface area contributed by atoms with E-state index >= 15 is 0 Å². The summed E-state index contributed by atoms with van der Waals surface area (Å²) in [6.07, 6.45) is 3.75. The summed E-state index contributed by atoms with van der Waals surface area (Å²) in [5.74, 6) is 2.08. The molecule has 3 heterocycles. The van der Waals surface area contributed by atoms with Crippen LogP contribution in [-0.4, -0.2) is 64.5 Å². The second-order valence-electron chi connectivity index (χ2n) is 9.82. The van der Waals surface area contributed by atoms with Crippen molar-refractivity contribution in [1.82, 2.24) is 25.3 Å². The van der Waals surface area contributed by atoms with Crippen molar-refractivity contribution in [1.29, 1.82) is 0 Å². The molecule has 2 aliphatic heterocycles. The van der Waals surface area contributed by atoms with E-state index in [1.54, 1.807) is 0 Å². The normalized spacial score (nSPS) is 21.7. The van der Waals surface area contributed by atoms with Crippen molar-refractivity contribution in [2.24, 2.45) is 17.3 Å². The molecule has 8 nitrogen and oxygen atoms in total. The highest BCUT2D eigenvalue weighted by atomic mass is 16.5. The summed E-state index contributed by atoms with van der Waals surface area (Å²) in [5, 5.41) is 7.01. The van der Waals surface area contributed by atoms with Crippen LogP contribution in [0.5, 0.6) is 0 Å². The smallest absolute Gasteiger partial charge is 0.244 e. The zero-order valence-corrected chi connectivity index (χ0v) is 19.1. The molecule has 2 saturated heterocycles. The number of carbonyl (C=O) groups is 2. The third kappa shape index (κ3) is 5.39. The van der Waals surface area contributed by atoms with Crippen LogP contribution in [0.15, 0.2) is 4.52 Å². The fourth-order valence-electron chi connectivity index (χ4n) is 4.67. The van der Waals surface area contributed by atoms with E-state index in [1.165, 1.54) is 0 Å². The van der Waals surface area contributed by atoms with E-state index in [4.69, 9.17) is 4.52 Å². The largest absolute Gasteiger partial charge is 0.355 e. The average Bonchev–Trinajstić information content (AvgIpc) is 3.25. The third-order valence-corrected chi connectivity index (χ3v) is 6.45. The number of likely N-dealkylation sites (tertiary alicyclic amines) is 2. The zero-order valence-electron chi connectivity index (χ0n) is 19.1. The summed E-state index contributed by atoms with van der Waals surface area (Å²) >= 11 is 0. The molecular formula is C22H37N5O3. The molecule has 0 aliphatic carbocycles. The number of carbonyl (C=O) groups excluding carboxylic acids is 2. The summed E-state index contributed by atoms with van der Waals surface area (Å²) in [5.41, 5.74) is 0.0824. The molecule has 0 aromatic carbocycles. The number of piperidine rings is 1. The van der Waals surface area contributed by atoms with E-state index in [0.29, 0.717) is 30.7 Å². The van der Waals surface area contributed by atoms with Gasteiger partial charge in [0.1, 0.15) is 0 Å². The third-order valence-electron chi connectivity index (χ3n) is 6.45. The highest BCUT2D eigenvalue weighted by molar-refractivity contribution is 5.78. The van der Waals surface area contributed by atoms with Crippen molar-refractivity contribution < 1.29 is 14.1 Å². The Morgan fingerprint density at radius 2 is 1.93 bits per heavy atom. The van der Waals surface area contributed by atoms with Crippen LogP contribution in [0.1, 0.15) is 71.1 Å². The predicted molar refractivity (Wildman–Crippen MR) is 114 cm³/mol. The summed E-state index contributed by atoms with van der Waals surface area (Å²) in [6, 6.07) is -0.0469. The second-order valence-corrected chi connectivity index (χ2v) is 9.82. The minimum absolute atomic E-state index is 0.0304. The standard InChI is InChI=1S/C22H37N5O3/c1-15(2)6-9-23-19(28)13-27-14-22(12-18(27)20-24-17(5)25-30-20)7-10-26(11-8-22)21(29)16(3)4/h15-16,18H,6-14H2,1-5H3,(H,23,28). The highest BCUT2D eigenvalue weighted by Gasteiger charge is 2.48. The van der Waals surface area contributed by atoms with Gasteiger partial charge in [-0.2, -0.15) is 4.98 Å². The minimum atomic E-state index is -0.0469. The molecule has 1 aromatic heterocycles. The van der Waals surface area contributed by atoms with Crippen LogP contribution in [0.4, 0.5) is 0 Å². The maximum Gasteiger partial charge on any atom is 0.244 e. The quantitative estimate of drug-likeness (QED) is 0.730. The molecule has 8 heteroatoms. The Balaban J connectivity index is 1.67. The molecule has 0 radical (unpaired) electrons. The molecular weight excluding hydrogens is 382 g/mol. The maximum absolute atomic E-state index is 12.6. The molecule has 30 heavy (non-hydrogen) atoms. The molecule has 1 N–H and O–H groups in total. The molecule has 2 aliphatic rings. The maximum atomic E-state index is 12.6. The van der Waals surface area contributed by atoms with E-state index in [1.807, 2.05) is 25.7 Å². The van der Waals surface area contributed by atoms with Crippen LogP contribution in [0, 0.1) is 24.2 Å². The number of aromatic nitrogens is 2. The molecule has 168 valence electrons. The fraction of sp³-hybridized carbons (Fsp3) is 0.818. The van der Waals surface area contributed by atoms with Crippen LogP contribution in [0.3, 0.4) is 0 Å². The van der Waals surface area contributed by atoms with Crippen LogP contribution in [0.25, 0.3) is 0 Å². The Morgan fingerprint density at radius 3 is 2.50 bits per heavy atom. The van der Waals surface area contributed by atoms with E-state index in [-0.39, 0.29) is 29.2 Å². The molecule has 1 atom stereocenters. The van der Waals surface area contributed by atoms with E-state index in [9.17, 15) is 9.59 Å². The molecule has 1 aromatic rings. The predicted octanol–water partition coefficient (Wildman–Crippen LogP) is 2.55. The van der Waals surface area contributed by atoms with Gasteiger partial charge >= 0.3 is 0 Å². The first-order valence-electron chi connectivity index (χ1n) is 11.3. The van der Waals surface area contributed by atoms with Crippen molar-refractivity contribution in [3.63, 3.8) is 0 Å². The molecule has 0 bridgehead atoms. The van der Waals surface area contributed by atoms with Crippen LogP contribution in [-0.2, 0) is 9.59 Å². The Bertz CT molecular complexity index is 737. The highest BCUT2D eigenvalue weighted by Crippen LogP contribution is 2.48. The number of hydrogen-bond acceptors (Lipinski definition) is 6. The number of hydrogen-bond donors (Lipinski definition) is 1. The molecule has 0 saturated carbocycles. The van der Waals surface area contributed by atoms with Gasteiger partial charge in [-0.25, -0.2) is 0 Å². The summed E-state index contributed by atoms with van der Waals surface area (Å²) < 4.78 is 5.50. The monoisotopic (exact) mass is 419 g/mol. The van der Waals surface area contributed by atoms with Crippen molar-refractivity contribution in [2.45, 2.75) is 66.3 Å². The van der Waals surface area contributed by atoms with Gasteiger partial charge in [0.25, 0.3) is 0 Å². The van der Waals surface area contributed by atoms with Gasteiger partial charge < -0.3 is 14.7 Å². The Kier molecular flexibility index (Phi) is 7.16. The minimum Gasteiger partial charge on any atom is -0.355 e. The SMILES string of the molecule is Cc1noc(C2CC3(CCN(C(=O)C(C)C)CC3)CN2CC(=O)NCCC(C)C)n1. The fourth-order valence-corrected chi connectivity index (χ4v) is 4.67. The summed E-state index contributed by atoms with van der Waals surface area (Å²) in [6.45, 7) is 13.4. The molecule has 1 unspecified atom stereocenters. The zero-order chi connectivity index (χ0) is 21.9. The van der Waals surface area contributed by atoms with Gasteiger partial charge in [-0.15, -0.1) is 0 Å². The summed E-state index contributed by atoms with van der Waals surface area (Å²) in [7, 11) is 0. The Labute approximate surface area is 179 Å². The van der Waals surface area contributed by atoms with Crippen molar-refractivity contribution >= 4 is 11.8 Å². The lowest BCUT2D eigenvalue weighted by molar-refractivity contribution is -0.136. The lowest BCUT2D eigenvalue weighted by Crippen LogP contribution is -2.46. The molecule has 2 fully saturated rings. The number of nitrogens with zero attached hydrogens (tertiary/aromatic N) is 4. The van der Waals surface area contributed by atoms with Gasteiger partial charge in [0.2, 0.25) is 17.7 Å². The number of rotatable bonds is 7. The topological polar surface area (TPSA) is 91.6 Å². The van der Waals surface area contributed by atoms with Crippen molar-refractivity contribution in [3.8, 4) is 0 Å². The average molecular weight is 420 g/mol. The summed E-state index contributed by atoms with van der Waals surface area (Å²) in [4.78, 5) is 33.6. The van der Waals surface area contributed by atoms with Gasteiger partial charge in [-0.1, -0.05) is 32.9 Å². The van der Waals surface area contributed by atoms with Gasteiger partial charge in [0, 0.05) is 32.1 Å². The van der Waals surface area contributed by atoms with Gasteiger partial charge in [0.15, 0.2) is 5.82 Å². The van der Waals surface area contributed by atoms with Crippen molar-refractivity contribution in [2.75, 3.05) is 32.7 Å². The Hall–Kier alpha value is -1.96. The first-order valence-corrected chi connectivity index (χ1v) is 11.3. The van der Waals surface area contributed by atoms with E-state index in [0.717, 1.165) is 45.3 Å². The lowest BCUT2D eigenvalue weighted by Gasteiger charge is -2.40. The Morgan fingerprint density at radius 1 is 1.23 bits per heavy atom. The van der Waals surface area contributed by atoms with Gasteiger partial charge in [-0.05, 0) is 43.9 Å². The lowest BCUT2D eigenvalue weighted by atomic mass is 9.76. The molecule has 3 rings (SSSR count). The number of amides is 2. The van der Waals surface area contributed by atoms with Gasteiger partial charge in [-0.3, -0.25) is 14.5 Å². The first-order chi connectivity index (χ1) is 14.2. The van der Waals surface area contributed by atoms with Crippen LogP contribution >= 0.6 is 0 Å². The second kappa shape index (κ2) is 9.45. The number of aryl methyl sites for hydroxylation is 1. The van der Waals surface area contributed by atoms with Crippen LogP contribution in [0.2, 0.25) is 0 Å². The van der Waals surface area contributed by atoms with Crippen LogP contribution < -0.4 is 5.32 Å². The first kappa shape index (κ1) is 22.7. The number of nitrogens with one attached hydrogen (secondary N) is 1. The van der Waals surface area contributed by atoms with Crippen molar-refractivity contribution in [3.05, 3.63) is 11.7 Å². The van der Waals surface area contributed by atoms with E-state index in [2.05, 4.69) is 34.2 Å². The van der Waals surface area contributed by atoms with E-state index < -0.39 is 0 Å². The van der Waals surface area contributed by atoms with Gasteiger partial charge in [0.05, 0.1) is 12.6 Å². The molecule has 1 spiro atoms. The molecule has 2 amide bonds.